The topological polar surface area (TPSA) is 14.2 Å². The summed E-state index contributed by atoms with van der Waals surface area (Å²) in [5.41, 5.74) is 7.55. The quantitative estimate of drug-likeness (QED) is 0.451. The summed E-state index contributed by atoms with van der Waals surface area (Å²) in [7, 11) is -0.614. The lowest BCUT2D eigenvalue weighted by Crippen LogP contribution is -2.74. The van der Waals surface area contributed by atoms with E-state index in [1.807, 2.05) is 0 Å². The smallest absolute Gasteiger partial charge is 0.348 e. The van der Waals surface area contributed by atoms with Crippen LogP contribution in [0.25, 0.3) is 11.3 Å². The Morgan fingerprint density at radius 1 is 0.700 bits per heavy atom. The number of rotatable bonds is 2. The lowest BCUT2D eigenvalue weighted by Gasteiger charge is -2.40. The van der Waals surface area contributed by atoms with Crippen LogP contribution >= 0.6 is 0 Å². The van der Waals surface area contributed by atoms with E-state index in [1.165, 1.54) is 49.2 Å². The first-order valence-electron chi connectivity index (χ1n) is 10.5. The predicted octanol–water partition coefficient (Wildman–Crippen LogP) is 4.29. The molecule has 5 rings (SSSR count). The monoisotopic (exact) mass is 409 g/mol. The fourth-order valence-electron chi connectivity index (χ4n) is 4.94. The van der Waals surface area contributed by atoms with Gasteiger partial charge in [-0.15, -0.1) is 0 Å². The van der Waals surface area contributed by atoms with E-state index < -0.39 is 8.32 Å². The van der Waals surface area contributed by atoms with Gasteiger partial charge in [0.15, 0.2) is 0 Å². The van der Waals surface area contributed by atoms with Crippen molar-refractivity contribution < 1.29 is 4.43 Å². The molecule has 1 aliphatic heterocycles. The zero-order valence-corrected chi connectivity index (χ0v) is 19.3. The molecule has 0 amide bonds. The van der Waals surface area contributed by atoms with Crippen LogP contribution < -0.4 is 20.0 Å². The molecule has 3 heteroatoms. The Hall–Kier alpha value is -3.04. The van der Waals surface area contributed by atoms with Crippen LogP contribution in [0.3, 0.4) is 0 Å². The standard InChI is InChI=1S/C27H27NOSi/c1-18-14-15-22-26(16-18)30(24-12-8-6-10-19(24)2,25-13-9-7-11-20(25)3)29-23-17-21(4)28(5)27(22)23/h6-17H,1-5H3. The molecule has 0 saturated carbocycles. The molecule has 0 atom stereocenters. The lowest BCUT2D eigenvalue weighted by molar-refractivity contribution is 0.574. The summed E-state index contributed by atoms with van der Waals surface area (Å²) in [4.78, 5) is 0. The fourth-order valence-corrected chi connectivity index (χ4v) is 9.58. The predicted molar refractivity (Wildman–Crippen MR) is 128 cm³/mol. The van der Waals surface area contributed by atoms with Gasteiger partial charge in [0.25, 0.3) is 0 Å². The summed E-state index contributed by atoms with van der Waals surface area (Å²) < 4.78 is 9.52. The van der Waals surface area contributed by atoms with E-state index in [-0.39, 0.29) is 0 Å². The molecule has 150 valence electrons. The number of aromatic nitrogens is 1. The van der Waals surface area contributed by atoms with E-state index in [9.17, 15) is 0 Å². The first kappa shape index (κ1) is 19.0. The first-order chi connectivity index (χ1) is 14.4. The zero-order chi connectivity index (χ0) is 21.0. The van der Waals surface area contributed by atoms with Crippen LogP contribution in [0.1, 0.15) is 22.4 Å². The van der Waals surface area contributed by atoms with Crippen LogP contribution in [0.4, 0.5) is 0 Å². The average Bonchev–Trinajstić information content (AvgIpc) is 3.01. The fraction of sp³-hybridized carbons (Fsp3) is 0.185. The van der Waals surface area contributed by atoms with Gasteiger partial charge < -0.3 is 8.99 Å². The summed E-state index contributed by atoms with van der Waals surface area (Å²) in [6.45, 7) is 8.76. The molecular formula is C27H27NOSi. The number of nitrogens with zero attached hydrogens (tertiary/aromatic N) is 1. The number of hydrogen-bond donors (Lipinski definition) is 0. The van der Waals surface area contributed by atoms with Gasteiger partial charge >= 0.3 is 8.32 Å². The molecule has 0 saturated heterocycles. The summed E-state index contributed by atoms with van der Waals surface area (Å²) >= 11 is 0. The Bertz CT molecular complexity index is 1240. The second kappa shape index (κ2) is 6.75. The van der Waals surface area contributed by atoms with Gasteiger partial charge in [-0.3, -0.25) is 0 Å². The summed E-state index contributed by atoms with van der Waals surface area (Å²) in [5, 5.41) is 4.01. The molecule has 0 unspecified atom stereocenters. The van der Waals surface area contributed by atoms with E-state index >= 15 is 0 Å². The summed E-state index contributed by atoms with van der Waals surface area (Å²) in [5.74, 6) is 1.00. The Labute approximate surface area is 179 Å². The van der Waals surface area contributed by atoms with E-state index in [4.69, 9.17) is 4.43 Å². The van der Waals surface area contributed by atoms with Crippen LogP contribution in [0.2, 0.25) is 0 Å². The minimum atomic E-state index is -2.75. The molecule has 2 nitrogen and oxygen atoms in total. The largest absolute Gasteiger partial charge is 0.529 e. The minimum Gasteiger partial charge on any atom is -0.529 e. The second-order valence-corrected chi connectivity index (χ2v) is 11.7. The van der Waals surface area contributed by atoms with Crippen LogP contribution in [0.5, 0.6) is 5.75 Å². The van der Waals surface area contributed by atoms with Crippen LogP contribution in [-0.2, 0) is 7.05 Å². The molecule has 0 radical (unpaired) electrons. The van der Waals surface area contributed by atoms with Gasteiger partial charge in [0, 0.05) is 24.4 Å². The zero-order valence-electron chi connectivity index (χ0n) is 18.3. The molecule has 0 fully saturated rings. The average molecular weight is 410 g/mol. The molecule has 0 N–H and O–H groups in total. The van der Waals surface area contributed by atoms with Crippen LogP contribution in [0, 0.1) is 27.7 Å². The maximum Gasteiger partial charge on any atom is 0.348 e. The van der Waals surface area contributed by atoms with Gasteiger partial charge in [0.2, 0.25) is 0 Å². The highest BCUT2D eigenvalue weighted by molar-refractivity contribution is 7.09. The Balaban J connectivity index is 1.97. The second-order valence-electron chi connectivity index (χ2n) is 8.52. The highest BCUT2D eigenvalue weighted by Gasteiger charge is 2.50. The number of aryl methyl sites for hydroxylation is 4. The Morgan fingerprint density at radius 3 is 1.90 bits per heavy atom. The molecule has 30 heavy (non-hydrogen) atoms. The van der Waals surface area contributed by atoms with Gasteiger partial charge in [-0.1, -0.05) is 72.3 Å². The molecule has 0 bridgehead atoms. The molecule has 2 heterocycles. The van der Waals surface area contributed by atoms with E-state index in [0.29, 0.717) is 0 Å². The van der Waals surface area contributed by atoms with Crippen LogP contribution in [0.15, 0.2) is 72.8 Å². The van der Waals surface area contributed by atoms with Crippen molar-refractivity contribution in [3.63, 3.8) is 0 Å². The molecule has 4 aromatic rings. The maximum absolute atomic E-state index is 7.25. The van der Waals surface area contributed by atoms with Crippen molar-refractivity contribution in [2.75, 3.05) is 0 Å². The van der Waals surface area contributed by atoms with E-state index in [0.717, 1.165) is 5.75 Å². The van der Waals surface area contributed by atoms with Crippen molar-refractivity contribution in [1.82, 2.24) is 4.57 Å². The van der Waals surface area contributed by atoms with Gasteiger partial charge in [-0.2, -0.15) is 0 Å². The summed E-state index contributed by atoms with van der Waals surface area (Å²) in [6.07, 6.45) is 0. The number of benzene rings is 3. The molecular weight excluding hydrogens is 382 g/mol. The van der Waals surface area contributed by atoms with Crippen molar-refractivity contribution >= 4 is 23.9 Å². The normalized spacial score (nSPS) is 14.0. The highest BCUT2D eigenvalue weighted by Crippen LogP contribution is 2.39. The number of hydrogen-bond acceptors (Lipinski definition) is 1. The molecule has 1 aromatic heterocycles. The third kappa shape index (κ3) is 2.55. The van der Waals surface area contributed by atoms with E-state index in [1.54, 1.807) is 0 Å². The van der Waals surface area contributed by atoms with E-state index in [2.05, 4.69) is 112 Å². The van der Waals surface area contributed by atoms with Crippen molar-refractivity contribution in [3.05, 3.63) is 95.2 Å². The minimum absolute atomic E-state index is 1.00. The Kier molecular flexibility index (Phi) is 4.26. The van der Waals surface area contributed by atoms with Crippen molar-refractivity contribution in [3.8, 4) is 17.0 Å². The van der Waals surface area contributed by atoms with Crippen molar-refractivity contribution in [2.45, 2.75) is 27.7 Å². The van der Waals surface area contributed by atoms with Crippen molar-refractivity contribution in [2.24, 2.45) is 7.05 Å². The summed E-state index contributed by atoms with van der Waals surface area (Å²) in [6, 6.07) is 26.6. The van der Waals surface area contributed by atoms with Gasteiger partial charge in [0.05, 0.1) is 5.69 Å². The Morgan fingerprint density at radius 2 is 1.30 bits per heavy atom. The van der Waals surface area contributed by atoms with Crippen LogP contribution in [-0.4, -0.2) is 12.9 Å². The molecule has 0 spiro atoms. The highest BCUT2D eigenvalue weighted by atomic mass is 28.4. The molecule has 1 aliphatic rings. The molecule has 0 aliphatic carbocycles. The first-order valence-corrected chi connectivity index (χ1v) is 12.4. The SMILES string of the molecule is Cc1ccc2c(c1)[Si](c1ccccc1C)(c1ccccc1C)Oc1cc(C)n(C)c1-2. The third-order valence-corrected chi connectivity index (χ3v) is 10.9. The van der Waals surface area contributed by atoms with Gasteiger partial charge in [-0.05, 0) is 54.4 Å². The maximum atomic E-state index is 7.25. The molecule has 3 aromatic carbocycles. The lowest BCUT2D eigenvalue weighted by atomic mass is 10.1. The number of fused-ring (bicyclic) bond motifs is 3. The third-order valence-electron chi connectivity index (χ3n) is 6.56. The van der Waals surface area contributed by atoms with Gasteiger partial charge in [0.1, 0.15) is 5.75 Å². The van der Waals surface area contributed by atoms with Gasteiger partial charge in [-0.25, -0.2) is 0 Å². The van der Waals surface area contributed by atoms with Crippen molar-refractivity contribution in [1.29, 1.82) is 0 Å².